The lowest BCUT2D eigenvalue weighted by Gasteiger charge is -2.17. The third-order valence-electron chi connectivity index (χ3n) is 13.5. The maximum atomic E-state index is 6.79. The molecule has 0 radical (unpaired) electrons. The van der Waals surface area contributed by atoms with Crippen LogP contribution in [0.25, 0.3) is 48.6 Å². The number of thiophene rings is 2. The Morgan fingerprint density at radius 3 is 0.986 bits per heavy atom. The highest BCUT2D eigenvalue weighted by Crippen LogP contribution is 2.48. The average Bonchev–Trinajstić information content (AvgIpc) is 3.99. The van der Waals surface area contributed by atoms with Crippen molar-refractivity contribution in [2.24, 2.45) is 0 Å². The van der Waals surface area contributed by atoms with Crippen LogP contribution in [0.5, 0.6) is 46.0 Å². The van der Waals surface area contributed by atoms with Crippen LogP contribution in [-0.2, 0) is 0 Å². The highest BCUT2D eigenvalue weighted by molar-refractivity contribution is 7.15. The van der Waals surface area contributed by atoms with Crippen molar-refractivity contribution in [1.82, 2.24) is 0 Å². The van der Waals surface area contributed by atoms with E-state index in [1.54, 1.807) is 36.9 Å². The van der Waals surface area contributed by atoms with Crippen LogP contribution in [0.4, 0.5) is 0 Å². The van der Waals surface area contributed by atoms with Gasteiger partial charge in [0.2, 0.25) is 0 Å². The summed E-state index contributed by atoms with van der Waals surface area (Å²) in [5, 5.41) is 0. The Kier molecular flexibility index (Phi) is 24.3. The van der Waals surface area contributed by atoms with Gasteiger partial charge in [-0.2, -0.15) is 0 Å². The quantitative estimate of drug-likeness (QED) is 0.0377. The first-order valence-corrected chi connectivity index (χ1v) is 29.5. The molecule has 7 rings (SSSR count). The van der Waals surface area contributed by atoms with Crippen molar-refractivity contribution < 1.29 is 37.9 Å². The molecule has 2 aromatic heterocycles. The molecular weight excluding hydrogens is 961 g/mol. The van der Waals surface area contributed by atoms with Gasteiger partial charge in [0, 0.05) is 11.1 Å². The molecule has 0 fully saturated rings. The van der Waals surface area contributed by atoms with E-state index in [4.69, 9.17) is 37.9 Å². The first-order valence-electron chi connectivity index (χ1n) is 27.9. The monoisotopic (exact) mass is 1040 g/mol. The molecule has 74 heavy (non-hydrogen) atoms. The van der Waals surface area contributed by atoms with Crippen LogP contribution in [0.2, 0.25) is 0 Å². The van der Waals surface area contributed by atoms with Gasteiger partial charge < -0.3 is 37.9 Å². The van der Waals surface area contributed by atoms with Crippen molar-refractivity contribution in [3.63, 3.8) is 0 Å². The third kappa shape index (κ3) is 17.8. The van der Waals surface area contributed by atoms with Gasteiger partial charge >= 0.3 is 0 Å². The van der Waals surface area contributed by atoms with E-state index < -0.39 is 0 Å². The standard InChI is InChI=1S/C64H82O8S2/c1-5-7-9-11-13-15-17-19-21-23-41-67-55-47-52(32-40-60-64-62(70-44-46-72-64)58(74-60)38-30-50-27-35-54(66-4)36-28-50)56(68-42-24-22-20-18-16-14-12-10-8-6-2)48-51(55)31-39-59-63-61(69-43-45-71-63)57(73-59)37-29-49-25-33-53(65-3)34-26-49/h25-40,47-48H,5-24,41-46H2,1-4H3/b37-29+,38-30+,39-31+,40-32+. The summed E-state index contributed by atoms with van der Waals surface area (Å²) in [6.45, 7) is 7.86. The summed E-state index contributed by atoms with van der Waals surface area (Å²) in [4.78, 5) is 4.01. The van der Waals surface area contributed by atoms with E-state index in [0.717, 1.165) is 113 Å². The fourth-order valence-corrected chi connectivity index (χ4v) is 11.2. The van der Waals surface area contributed by atoms with Gasteiger partial charge in [-0.05, 0) is 96.8 Å². The smallest absolute Gasteiger partial charge is 0.180 e. The van der Waals surface area contributed by atoms with Gasteiger partial charge in [0.1, 0.15) is 49.4 Å². The second kappa shape index (κ2) is 32.0. The van der Waals surface area contributed by atoms with Crippen LogP contribution >= 0.6 is 22.7 Å². The summed E-state index contributed by atoms with van der Waals surface area (Å²) < 4.78 is 49.4. The molecule has 2 aliphatic rings. The molecule has 0 bridgehead atoms. The average molecular weight is 1040 g/mol. The van der Waals surface area contributed by atoms with Crippen LogP contribution in [0.1, 0.15) is 184 Å². The largest absolute Gasteiger partial charge is 0.497 e. The summed E-state index contributed by atoms with van der Waals surface area (Å²) >= 11 is 3.32. The van der Waals surface area contributed by atoms with Gasteiger partial charge in [-0.25, -0.2) is 0 Å². The summed E-state index contributed by atoms with van der Waals surface area (Å²) in [6, 6.07) is 20.4. The normalized spacial score (nSPS) is 13.2. The molecule has 0 amide bonds. The minimum absolute atomic E-state index is 0.502. The second-order valence-electron chi connectivity index (χ2n) is 19.2. The minimum Gasteiger partial charge on any atom is -0.497 e. The molecule has 0 unspecified atom stereocenters. The van der Waals surface area contributed by atoms with E-state index >= 15 is 0 Å². The van der Waals surface area contributed by atoms with Crippen molar-refractivity contribution in [3.8, 4) is 46.0 Å². The van der Waals surface area contributed by atoms with Gasteiger partial charge in [0.25, 0.3) is 0 Å². The maximum Gasteiger partial charge on any atom is 0.180 e. The molecule has 0 spiro atoms. The van der Waals surface area contributed by atoms with Crippen LogP contribution in [0.15, 0.2) is 60.7 Å². The maximum absolute atomic E-state index is 6.79. The molecule has 0 N–H and O–H groups in total. The van der Waals surface area contributed by atoms with Gasteiger partial charge in [0.15, 0.2) is 23.0 Å². The topological polar surface area (TPSA) is 73.8 Å². The molecule has 4 heterocycles. The van der Waals surface area contributed by atoms with Crippen LogP contribution in [0.3, 0.4) is 0 Å². The van der Waals surface area contributed by atoms with Crippen molar-refractivity contribution in [3.05, 3.63) is 102 Å². The van der Waals surface area contributed by atoms with Gasteiger partial charge in [-0.1, -0.05) is 166 Å². The molecule has 3 aromatic carbocycles. The molecule has 398 valence electrons. The van der Waals surface area contributed by atoms with Crippen molar-refractivity contribution in [2.45, 2.75) is 142 Å². The zero-order valence-corrected chi connectivity index (χ0v) is 46.5. The highest BCUT2D eigenvalue weighted by Gasteiger charge is 2.24. The summed E-state index contributed by atoms with van der Waals surface area (Å²) in [5.74, 6) is 6.43. The Balaban J connectivity index is 1.15. The number of unbranched alkanes of at least 4 members (excludes halogenated alkanes) is 18. The fourth-order valence-electron chi connectivity index (χ4n) is 9.18. The molecule has 0 aliphatic carbocycles. The molecule has 0 saturated carbocycles. The Morgan fingerprint density at radius 2 is 0.676 bits per heavy atom. The van der Waals surface area contributed by atoms with Gasteiger partial charge in [-0.3, -0.25) is 0 Å². The number of hydrogen-bond donors (Lipinski definition) is 0. The second-order valence-corrected chi connectivity index (χ2v) is 21.4. The minimum atomic E-state index is 0.502. The molecule has 0 saturated heterocycles. The number of rotatable bonds is 34. The van der Waals surface area contributed by atoms with E-state index in [9.17, 15) is 0 Å². The number of benzene rings is 3. The van der Waals surface area contributed by atoms with E-state index in [1.165, 1.54) is 103 Å². The predicted molar refractivity (Wildman–Crippen MR) is 313 cm³/mol. The fraction of sp³-hybridized carbons (Fsp3) is 0.469. The van der Waals surface area contributed by atoms with Crippen LogP contribution in [0, 0.1) is 0 Å². The zero-order chi connectivity index (χ0) is 51.4. The third-order valence-corrected chi connectivity index (χ3v) is 15.6. The predicted octanol–water partition coefficient (Wildman–Crippen LogP) is 18.7. The lowest BCUT2D eigenvalue weighted by atomic mass is 10.1. The number of methoxy groups -OCH3 is 2. The van der Waals surface area contributed by atoms with Gasteiger partial charge in [-0.15, -0.1) is 22.7 Å². The van der Waals surface area contributed by atoms with Crippen LogP contribution < -0.4 is 37.9 Å². The number of fused-ring (bicyclic) bond motifs is 2. The van der Waals surface area contributed by atoms with Gasteiger partial charge in [0.05, 0.1) is 46.9 Å². The lowest BCUT2D eigenvalue weighted by molar-refractivity contribution is 0.173. The van der Waals surface area contributed by atoms with Crippen LogP contribution in [-0.4, -0.2) is 53.9 Å². The van der Waals surface area contributed by atoms with E-state index in [1.807, 2.05) is 24.3 Å². The molecule has 5 aromatic rings. The SMILES string of the molecule is CCCCCCCCCCCCOc1cc(/C=C/c2sc(/C=C/c3ccc(OC)cc3)c3c2OCCO3)c(OCCCCCCCCCCCC)cc1/C=C/c1sc(/C=C/c2ccc(OC)cc2)c2c1OCCO2. The first-order chi connectivity index (χ1) is 36.6. The first kappa shape index (κ1) is 56.2. The summed E-state index contributed by atoms with van der Waals surface area (Å²) in [6.07, 6.45) is 42.4. The summed E-state index contributed by atoms with van der Waals surface area (Å²) in [5.41, 5.74) is 4.06. The molecule has 2 aliphatic heterocycles. The Labute approximate surface area is 451 Å². The Morgan fingerprint density at radius 1 is 0.378 bits per heavy atom. The molecule has 0 atom stereocenters. The van der Waals surface area contributed by atoms with E-state index in [-0.39, 0.29) is 0 Å². The molecular formula is C64H82O8S2. The summed E-state index contributed by atoms with van der Waals surface area (Å²) in [7, 11) is 3.37. The molecule has 8 nitrogen and oxygen atoms in total. The van der Waals surface area contributed by atoms with Crippen molar-refractivity contribution >= 4 is 71.3 Å². The highest BCUT2D eigenvalue weighted by atomic mass is 32.1. The zero-order valence-electron chi connectivity index (χ0n) is 44.9. The number of hydrogen-bond acceptors (Lipinski definition) is 10. The Hall–Kier alpha value is -5.58. The van der Waals surface area contributed by atoms with Crippen molar-refractivity contribution in [1.29, 1.82) is 0 Å². The number of ether oxygens (including phenoxy) is 8. The van der Waals surface area contributed by atoms with E-state index in [2.05, 4.69) is 98.9 Å². The van der Waals surface area contributed by atoms with Crippen molar-refractivity contribution in [2.75, 3.05) is 53.9 Å². The Bertz CT molecular complexity index is 2350. The van der Waals surface area contributed by atoms with E-state index in [0.29, 0.717) is 39.6 Å². The lowest BCUT2D eigenvalue weighted by Crippen LogP contribution is -2.14. The molecule has 10 heteroatoms.